The van der Waals surface area contributed by atoms with Crippen molar-refractivity contribution in [3.05, 3.63) is 59.7 Å². The second-order valence-corrected chi connectivity index (χ2v) is 6.19. The molecular formula is C21H26N2O3. The van der Waals surface area contributed by atoms with E-state index in [0.29, 0.717) is 23.4 Å². The lowest BCUT2D eigenvalue weighted by Gasteiger charge is -2.12. The summed E-state index contributed by atoms with van der Waals surface area (Å²) in [4.78, 5) is 24.6. The van der Waals surface area contributed by atoms with Crippen molar-refractivity contribution in [1.82, 2.24) is 5.32 Å². The summed E-state index contributed by atoms with van der Waals surface area (Å²) in [6, 6.07) is 14.0. The number of carbonyl (C=O) groups excluding carboxylic acids is 2. The monoisotopic (exact) mass is 354 g/mol. The lowest BCUT2D eigenvalue weighted by molar-refractivity contribution is 0.0938. The molecule has 0 heterocycles. The highest BCUT2D eigenvalue weighted by Crippen LogP contribution is 2.16. The van der Waals surface area contributed by atoms with Crippen molar-refractivity contribution in [2.75, 3.05) is 11.9 Å². The molecule has 0 saturated heterocycles. The predicted molar refractivity (Wildman–Crippen MR) is 104 cm³/mol. The van der Waals surface area contributed by atoms with Crippen molar-refractivity contribution >= 4 is 17.5 Å². The number of nitrogens with one attached hydrogen (secondary N) is 2. The molecule has 0 aliphatic heterocycles. The van der Waals surface area contributed by atoms with Gasteiger partial charge in [0.05, 0.1) is 6.61 Å². The van der Waals surface area contributed by atoms with Gasteiger partial charge >= 0.3 is 0 Å². The summed E-state index contributed by atoms with van der Waals surface area (Å²) in [7, 11) is 0. The molecule has 0 saturated carbocycles. The van der Waals surface area contributed by atoms with Crippen LogP contribution in [0.25, 0.3) is 0 Å². The molecule has 2 amide bonds. The maximum Gasteiger partial charge on any atom is 0.255 e. The summed E-state index contributed by atoms with van der Waals surface area (Å²) in [6.45, 7) is 6.66. The fraction of sp³-hybridized carbons (Fsp3) is 0.333. The van der Waals surface area contributed by atoms with Crippen LogP contribution < -0.4 is 15.4 Å². The van der Waals surface area contributed by atoms with Gasteiger partial charge < -0.3 is 15.4 Å². The van der Waals surface area contributed by atoms with Gasteiger partial charge in [0.15, 0.2) is 0 Å². The first kappa shape index (κ1) is 19.5. The molecule has 2 N–H and O–H groups in total. The highest BCUT2D eigenvalue weighted by Gasteiger charge is 2.11. The Morgan fingerprint density at radius 1 is 1.00 bits per heavy atom. The molecule has 2 aromatic carbocycles. The SMILES string of the molecule is CCCOc1ccc(C(=O)Nc2cccc(C(=O)NC(C)CC)c2)cc1. The van der Waals surface area contributed by atoms with Crippen LogP contribution in [0, 0.1) is 0 Å². The van der Waals surface area contributed by atoms with E-state index in [0.717, 1.165) is 18.6 Å². The van der Waals surface area contributed by atoms with Crippen molar-refractivity contribution in [1.29, 1.82) is 0 Å². The lowest BCUT2D eigenvalue weighted by atomic mass is 10.1. The molecule has 0 bridgehead atoms. The van der Waals surface area contributed by atoms with Gasteiger partial charge in [-0.2, -0.15) is 0 Å². The van der Waals surface area contributed by atoms with Gasteiger partial charge in [0.2, 0.25) is 0 Å². The minimum Gasteiger partial charge on any atom is -0.494 e. The van der Waals surface area contributed by atoms with Crippen LogP contribution in [0.1, 0.15) is 54.3 Å². The molecule has 0 aliphatic rings. The molecule has 0 aliphatic carbocycles. The van der Waals surface area contributed by atoms with Gasteiger partial charge in [0.25, 0.3) is 11.8 Å². The largest absolute Gasteiger partial charge is 0.494 e. The first-order valence-electron chi connectivity index (χ1n) is 8.98. The smallest absolute Gasteiger partial charge is 0.255 e. The van der Waals surface area contributed by atoms with Gasteiger partial charge in [-0.05, 0) is 62.2 Å². The third-order valence-corrected chi connectivity index (χ3v) is 3.96. The minimum absolute atomic E-state index is 0.106. The van der Waals surface area contributed by atoms with Crippen molar-refractivity contribution in [3.63, 3.8) is 0 Å². The number of rotatable bonds is 8. The zero-order valence-electron chi connectivity index (χ0n) is 15.5. The number of amides is 2. The molecular weight excluding hydrogens is 328 g/mol. The van der Waals surface area contributed by atoms with E-state index in [9.17, 15) is 9.59 Å². The second kappa shape index (κ2) is 9.61. The van der Waals surface area contributed by atoms with E-state index in [1.165, 1.54) is 0 Å². The van der Waals surface area contributed by atoms with Crippen LogP contribution >= 0.6 is 0 Å². The summed E-state index contributed by atoms with van der Waals surface area (Å²) in [6.07, 6.45) is 1.79. The van der Waals surface area contributed by atoms with E-state index >= 15 is 0 Å². The number of anilines is 1. The maximum atomic E-state index is 12.4. The molecule has 2 rings (SSSR count). The van der Waals surface area contributed by atoms with Gasteiger partial charge in [-0.3, -0.25) is 9.59 Å². The zero-order chi connectivity index (χ0) is 18.9. The summed E-state index contributed by atoms with van der Waals surface area (Å²) in [5, 5.41) is 5.74. The van der Waals surface area contributed by atoms with E-state index in [1.54, 1.807) is 48.5 Å². The van der Waals surface area contributed by atoms with E-state index < -0.39 is 0 Å². The fourth-order valence-corrected chi connectivity index (χ4v) is 2.27. The van der Waals surface area contributed by atoms with Gasteiger partial charge in [0, 0.05) is 22.9 Å². The third-order valence-electron chi connectivity index (χ3n) is 3.96. The van der Waals surface area contributed by atoms with Crippen molar-refractivity contribution < 1.29 is 14.3 Å². The maximum absolute atomic E-state index is 12.4. The summed E-state index contributed by atoms with van der Waals surface area (Å²) in [5.41, 5.74) is 1.63. The minimum atomic E-state index is -0.230. The quantitative estimate of drug-likeness (QED) is 0.744. The van der Waals surface area contributed by atoms with E-state index in [-0.39, 0.29) is 17.9 Å². The summed E-state index contributed by atoms with van der Waals surface area (Å²) < 4.78 is 5.51. The Morgan fingerprint density at radius 3 is 2.38 bits per heavy atom. The van der Waals surface area contributed by atoms with Crippen LogP contribution in [0.2, 0.25) is 0 Å². The van der Waals surface area contributed by atoms with E-state index in [4.69, 9.17) is 4.74 Å². The van der Waals surface area contributed by atoms with Gasteiger partial charge in [-0.25, -0.2) is 0 Å². The molecule has 5 heteroatoms. The Balaban J connectivity index is 2.02. The molecule has 0 radical (unpaired) electrons. The number of ether oxygens (including phenoxy) is 1. The topological polar surface area (TPSA) is 67.4 Å². The second-order valence-electron chi connectivity index (χ2n) is 6.19. The van der Waals surface area contributed by atoms with Gasteiger partial charge in [0.1, 0.15) is 5.75 Å². The van der Waals surface area contributed by atoms with Crippen LogP contribution in [-0.4, -0.2) is 24.5 Å². The Labute approximate surface area is 154 Å². The average Bonchev–Trinajstić information content (AvgIpc) is 2.66. The zero-order valence-corrected chi connectivity index (χ0v) is 15.5. The van der Waals surface area contributed by atoms with Gasteiger partial charge in [-0.15, -0.1) is 0 Å². The Morgan fingerprint density at radius 2 is 1.73 bits per heavy atom. The molecule has 0 spiro atoms. The number of benzene rings is 2. The molecule has 2 aromatic rings. The summed E-state index contributed by atoms with van der Waals surface area (Å²) in [5.74, 6) is 0.367. The molecule has 1 unspecified atom stereocenters. The number of carbonyl (C=O) groups is 2. The number of hydrogen-bond acceptors (Lipinski definition) is 3. The van der Waals surface area contributed by atoms with E-state index in [1.807, 2.05) is 20.8 Å². The van der Waals surface area contributed by atoms with Gasteiger partial charge in [-0.1, -0.05) is 19.9 Å². The van der Waals surface area contributed by atoms with Crippen molar-refractivity contribution in [2.24, 2.45) is 0 Å². The molecule has 138 valence electrons. The van der Waals surface area contributed by atoms with Crippen LogP contribution in [0.4, 0.5) is 5.69 Å². The molecule has 0 aromatic heterocycles. The number of hydrogen-bond donors (Lipinski definition) is 2. The first-order valence-corrected chi connectivity index (χ1v) is 8.98. The lowest BCUT2D eigenvalue weighted by Crippen LogP contribution is -2.31. The highest BCUT2D eigenvalue weighted by atomic mass is 16.5. The van der Waals surface area contributed by atoms with Crippen molar-refractivity contribution in [2.45, 2.75) is 39.7 Å². The molecule has 1 atom stereocenters. The average molecular weight is 354 g/mol. The third kappa shape index (κ3) is 5.62. The Bertz CT molecular complexity index is 741. The van der Waals surface area contributed by atoms with Crippen LogP contribution in [0.15, 0.2) is 48.5 Å². The molecule has 0 fully saturated rings. The molecule has 26 heavy (non-hydrogen) atoms. The predicted octanol–water partition coefficient (Wildman–Crippen LogP) is 4.26. The fourth-order valence-electron chi connectivity index (χ4n) is 2.27. The van der Waals surface area contributed by atoms with Crippen LogP contribution in [-0.2, 0) is 0 Å². The van der Waals surface area contributed by atoms with Crippen LogP contribution in [0.5, 0.6) is 5.75 Å². The summed E-state index contributed by atoms with van der Waals surface area (Å²) >= 11 is 0. The standard InChI is InChI=1S/C21H26N2O3/c1-4-13-26-19-11-9-16(10-12-19)20(24)23-18-8-6-7-17(14-18)21(25)22-15(3)5-2/h6-12,14-15H,4-5,13H2,1-3H3,(H,22,25)(H,23,24). The first-order chi connectivity index (χ1) is 12.5. The normalized spacial score (nSPS) is 11.5. The Hall–Kier alpha value is -2.82. The highest BCUT2D eigenvalue weighted by molar-refractivity contribution is 6.05. The Kier molecular flexibility index (Phi) is 7.21. The molecule has 5 nitrogen and oxygen atoms in total. The van der Waals surface area contributed by atoms with E-state index in [2.05, 4.69) is 10.6 Å². The van der Waals surface area contributed by atoms with Crippen LogP contribution in [0.3, 0.4) is 0 Å². The van der Waals surface area contributed by atoms with Crippen molar-refractivity contribution in [3.8, 4) is 5.75 Å².